The number of carbonyl (C=O) groups excluding carboxylic acids is 1. The van der Waals surface area contributed by atoms with Gasteiger partial charge in [-0.1, -0.05) is 11.6 Å². The lowest BCUT2D eigenvalue weighted by molar-refractivity contribution is 0.262. The van der Waals surface area contributed by atoms with Gasteiger partial charge in [0.15, 0.2) is 11.5 Å². The van der Waals surface area contributed by atoms with Crippen LogP contribution in [0.4, 0.5) is 16.2 Å². The lowest BCUT2D eigenvalue weighted by atomic mass is 9.97. The number of hydrogen-bond donors (Lipinski definition) is 2. The maximum Gasteiger partial charge on any atom is 0.323 e. The Morgan fingerprint density at radius 1 is 0.919 bits per heavy atom. The molecule has 0 atom stereocenters. The second kappa shape index (κ2) is 11.8. The summed E-state index contributed by atoms with van der Waals surface area (Å²) in [5, 5.41) is 7.88. The van der Waals surface area contributed by atoms with Crippen LogP contribution in [0.2, 0.25) is 5.02 Å². The molecule has 0 saturated heterocycles. The van der Waals surface area contributed by atoms with E-state index >= 15 is 0 Å². The Morgan fingerprint density at radius 3 is 2.38 bits per heavy atom. The lowest BCUT2D eigenvalue weighted by Crippen LogP contribution is -2.21. The number of aromatic nitrogens is 2. The number of nitrogens with one attached hydrogen (secondary N) is 2. The van der Waals surface area contributed by atoms with Gasteiger partial charge in [-0.2, -0.15) is 0 Å². The van der Waals surface area contributed by atoms with E-state index in [2.05, 4.69) is 20.6 Å². The first-order valence-corrected chi connectivity index (χ1v) is 13.8. The van der Waals surface area contributed by atoms with Crippen molar-refractivity contribution in [1.29, 1.82) is 0 Å². The number of amides is 2. The van der Waals surface area contributed by atoms with Gasteiger partial charge in [0, 0.05) is 32.6 Å². The predicted octanol–water partition coefficient (Wildman–Crippen LogP) is 7.06. The summed E-state index contributed by atoms with van der Waals surface area (Å²) in [6.07, 6.45) is 7.18. The van der Waals surface area contributed by atoms with Crippen LogP contribution in [-0.4, -0.2) is 49.8 Å². The van der Waals surface area contributed by atoms with Gasteiger partial charge >= 0.3 is 6.03 Å². The summed E-state index contributed by atoms with van der Waals surface area (Å²) in [6, 6.07) is 10.4. The predicted molar refractivity (Wildman–Crippen MR) is 152 cm³/mol. The summed E-state index contributed by atoms with van der Waals surface area (Å²) in [5.74, 6) is 1.38. The molecule has 37 heavy (non-hydrogen) atoms. The molecule has 2 aromatic heterocycles. The van der Waals surface area contributed by atoms with Gasteiger partial charge in [-0.25, -0.2) is 9.78 Å². The van der Waals surface area contributed by atoms with Crippen molar-refractivity contribution in [3.05, 3.63) is 53.8 Å². The van der Waals surface area contributed by atoms with Crippen molar-refractivity contribution in [2.75, 3.05) is 44.5 Å². The van der Waals surface area contributed by atoms with Crippen LogP contribution in [0.5, 0.6) is 17.2 Å². The van der Waals surface area contributed by atoms with Gasteiger partial charge in [-0.3, -0.25) is 4.98 Å². The van der Waals surface area contributed by atoms with Gasteiger partial charge < -0.3 is 24.8 Å². The van der Waals surface area contributed by atoms with Crippen molar-refractivity contribution >= 4 is 63.4 Å². The number of anilines is 2. The maximum atomic E-state index is 13.3. The maximum absolute atomic E-state index is 13.3. The van der Waals surface area contributed by atoms with E-state index in [1.165, 1.54) is 23.5 Å². The largest absolute Gasteiger partial charge is 0.493 e. The molecule has 0 fully saturated rings. The summed E-state index contributed by atoms with van der Waals surface area (Å²) >= 11 is 9.35. The number of carbonyl (C=O) groups is 1. The van der Waals surface area contributed by atoms with Gasteiger partial charge in [0.2, 0.25) is 5.75 Å². The Labute approximate surface area is 228 Å². The van der Waals surface area contributed by atoms with Crippen LogP contribution in [0.25, 0.3) is 22.0 Å². The molecule has 0 saturated carbocycles. The Hall–Kier alpha value is -3.34. The standard InChI is InChI=1S/C26H25ClN4O4S2/c1-33-19-9-7-15(23(34-2)24(19)35-3)21-16-12-14(27)6-8-17(16)29-13-18(21)30-26(32)31-22-20(36-4)10-11-28-25(22)37-5/h6-13H,1-5H3,(H2,30,31,32). The Bertz CT molecular complexity index is 1450. The smallest absolute Gasteiger partial charge is 0.323 e. The summed E-state index contributed by atoms with van der Waals surface area (Å²) in [4.78, 5) is 23.1. The Morgan fingerprint density at radius 2 is 1.70 bits per heavy atom. The highest BCUT2D eigenvalue weighted by Gasteiger charge is 2.23. The molecule has 0 bridgehead atoms. The van der Waals surface area contributed by atoms with Gasteiger partial charge in [0.1, 0.15) is 5.03 Å². The molecular weight excluding hydrogens is 532 g/mol. The minimum Gasteiger partial charge on any atom is -0.493 e. The van der Waals surface area contributed by atoms with Crippen LogP contribution in [0.3, 0.4) is 0 Å². The van der Waals surface area contributed by atoms with Crippen LogP contribution in [-0.2, 0) is 0 Å². The fraction of sp³-hybridized carbons (Fsp3) is 0.192. The van der Waals surface area contributed by atoms with Crippen molar-refractivity contribution in [2.24, 2.45) is 0 Å². The number of nitrogens with zero attached hydrogens (tertiary/aromatic N) is 2. The fourth-order valence-electron chi connectivity index (χ4n) is 3.98. The summed E-state index contributed by atoms with van der Waals surface area (Å²) < 4.78 is 16.8. The molecule has 11 heteroatoms. The molecule has 0 spiro atoms. The molecule has 192 valence electrons. The zero-order valence-electron chi connectivity index (χ0n) is 20.8. The zero-order valence-corrected chi connectivity index (χ0v) is 23.2. The van der Waals surface area contributed by atoms with Gasteiger partial charge in [-0.05, 0) is 48.9 Å². The van der Waals surface area contributed by atoms with Crippen LogP contribution >= 0.6 is 35.1 Å². The zero-order chi connectivity index (χ0) is 26.5. The number of rotatable bonds is 8. The van der Waals surface area contributed by atoms with E-state index in [0.29, 0.717) is 55.3 Å². The first kappa shape index (κ1) is 26.7. The van der Waals surface area contributed by atoms with Crippen LogP contribution in [0.15, 0.2) is 58.7 Å². The average Bonchev–Trinajstić information content (AvgIpc) is 2.92. The summed E-state index contributed by atoms with van der Waals surface area (Å²) in [5.41, 5.74) is 3.13. The van der Waals surface area contributed by atoms with Crippen LogP contribution < -0.4 is 24.8 Å². The third-order valence-electron chi connectivity index (χ3n) is 5.58. The van der Waals surface area contributed by atoms with Crippen molar-refractivity contribution in [3.8, 4) is 28.4 Å². The third-order valence-corrected chi connectivity index (χ3v) is 7.29. The van der Waals surface area contributed by atoms with Gasteiger partial charge in [0.25, 0.3) is 0 Å². The van der Waals surface area contributed by atoms with Gasteiger partial charge in [-0.15, -0.1) is 23.5 Å². The molecule has 0 unspecified atom stereocenters. The quantitative estimate of drug-likeness (QED) is 0.223. The number of pyridine rings is 2. The number of benzene rings is 2. The SMILES string of the molecule is COc1ccc(-c2c(NC(=O)Nc3c(SC)ccnc3SC)cnc3ccc(Cl)cc23)c(OC)c1OC. The van der Waals surface area contributed by atoms with E-state index < -0.39 is 6.03 Å². The van der Waals surface area contributed by atoms with E-state index in [1.807, 2.05) is 30.7 Å². The number of methoxy groups -OCH3 is 3. The third kappa shape index (κ3) is 5.36. The fourth-order valence-corrected chi connectivity index (χ4v) is 5.30. The topological polar surface area (TPSA) is 94.6 Å². The molecule has 4 aromatic rings. The van der Waals surface area contributed by atoms with Crippen molar-refractivity contribution < 1.29 is 19.0 Å². The minimum absolute atomic E-state index is 0.425. The summed E-state index contributed by atoms with van der Waals surface area (Å²) in [7, 11) is 4.64. The number of ether oxygens (including phenoxy) is 3. The average molecular weight is 557 g/mol. The molecule has 2 N–H and O–H groups in total. The highest BCUT2D eigenvalue weighted by molar-refractivity contribution is 7.99. The van der Waals surface area contributed by atoms with E-state index in [1.54, 1.807) is 51.9 Å². The molecule has 8 nitrogen and oxygen atoms in total. The number of fused-ring (bicyclic) bond motifs is 1. The highest BCUT2D eigenvalue weighted by atomic mass is 35.5. The molecule has 4 rings (SSSR count). The monoisotopic (exact) mass is 556 g/mol. The highest BCUT2D eigenvalue weighted by Crippen LogP contribution is 2.48. The van der Waals surface area contributed by atoms with Gasteiger partial charge in [0.05, 0.1) is 44.4 Å². The van der Waals surface area contributed by atoms with Crippen LogP contribution in [0, 0.1) is 0 Å². The molecule has 2 heterocycles. The second-order valence-corrected chi connectivity index (χ2v) is 9.65. The van der Waals surface area contributed by atoms with E-state index in [9.17, 15) is 4.79 Å². The molecule has 0 aliphatic carbocycles. The number of urea groups is 1. The normalized spacial score (nSPS) is 10.8. The van der Waals surface area contributed by atoms with E-state index in [4.69, 9.17) is 25.8 Å². The molecule has 2 amide bonds. The number of thioether (sulfide) groups is 2. The first-order chi connectivity index (χ1) is 17.9. The Balaban J connectivity index is 1.87. The number of hydrogen-bond acceptors (Lipinski definition) is 8. The van der Waals surface area contributed by atoms with E-state index in [-0.39, 0.29) is 0 Å². The van der Waals surface area contributed by atoms with Crippen LogP contribution in [0.1, 0.15) is 0 Å². The second-order valence-electron chi connectivity index (χ2n) is 7.57. The molecule has 0 radical (unpaired) electrons. The van der Waals surface area contributed by atoms with E-state index in [0.717, 1.165) is 10.3 Å². The molecular formula is C26H25ClN4O4S2. The Kier molecular flexibility index (Phi) is 8.52. The number of halogens is 1. The van der Waals surface area contributed by atoms with Crippen molar-refractivity contribution in [1.82, 2.24) is 9.97 Å². The molecule has 2 aromatic carbocycles. The minimum atomic E-state index is -0.442. The lowest BCUT2D eigenvalue weighted by Gasteiger charge is -2.20. The summed E-state index contributed by atoms with van der Waals surface area (Å²) in [6.45, 7) is 0. The molecule has 0 aliphatic heterocycles. The van der Waals surface area contributed by atoms with Crippen molar-refractivity contribution in [2.45, 2.75) is 9.92 Å². The van der Waals surface area contributed by atoms with Crippen molar-refractivity contribution in [3.63, 3.8) is 0 Å². The first-order valence-electron chi connectivity index (χ1n) is 11.0. The molecule has 0 aliphatic rings.